The summed E-state index contributed by atoms with van der Waals surface area (Å²) in [6.45, 7) is 9.56. The van der Waals surface area contributed by atoms with Crippen LogP contribution in [0.1, 0.15) is 0 Å². The summed E-state index contributed by atoms with van der Waals surface area (Å²) in [4.78, 5) is 2.07. The van der Waals surface area contributed by atoms with Crippen LogP contribution in [0.2, 0.25) is 0 Å². The lowest BCUT2D eigenvalue weighted by Gasteiger charge is -2.13. The first kappa shape index (κ1) is 9.00. The lowest BCUT2D eigenvalue weighted by molar-refractivity contribution is 0.379. The molecule has 0 aromatic rings. The monoisotopic (exact) mass is 135 g/mol. The van der Waals surface area contributed by atoms with Gasteiger partial charge in [-0.25, -0.2) is 0 Å². The highest BCUT2D eigenvalue weighted by atomic mass is 15.1. The molecule has 0 aromatic heterocycles. The molecule has 1 heteroatoms. The molecule has 10 heavy (non-hydrogen) atoms. The van der Waals surface area contributed by atoms with E-state index in [0.29, 0.717) is 6.54 Å². The van der Waals surface area contributed by atoms with Gasteiger partial charge in [0.25, 0.3) is 0 Å². The molecule has 1 nitrogen and oxygen atoms in total. The Morgan fingerprint density at radius 2 is 1.80 bits per heavy atom. The molecule has 0 heterocycles. The first-order valence-electron chi connectivity index (χ1n) is 3.22. The Hall–Kier alpha value is -1.00. The van der Waals surface area contributed by atoms with Gasteiger partial charge >= 0.3 is 0 Å². The molecule has 0 fully saturated rings. The van der Waals surface area contributed by atoms with Crippen LogP contribution in [0.3, 0.4) is 0 Å². The quantitative estimate of drug-likeness (QED) is 0.405. The topological polar surface area (TPSA) is 3.24 Å². The molecule has 0 rings (SSSR count). The Bertz CT molecular complexity index is 131. The van der Waals surface area contributed by atoms with Crippen molar-refractivity contribution < 1.29 is 0 Å². The van der Waals surface area contributed by atoms with Crippen LogP contribution >= 0.6 is 0 Å². The molecule has 0 aliphatic carbocycles. The summed E-state index contributed by atoms with van der Waals surface area (Å²) in [5, 5.41) is 0. The van der Waals surface area contributed by atoms with Gasteiger partial charge in [-0.1, -0.05) is 18.1 Å². The lowest BCUT2D eigenvalue weighted by atomic mass is 10.4. The minimum absolute atomic E-state index is 0.665. The van der Waals surface area contributed by atoms with E-state index < -0.39 is 0 Å². The van der Waals surface area contributed by atoms with Gasteiger partial charge in [0, 0.05) is 13.1 Å². The van der Waals surface area contributed by atoms with E-state index in [0.717, 1.165) is 13.1 Å². The third kappa shape index (κ3) is 3.94. The third-order valence-corrected chi connectivity index (χ3v) is 1.09. The van der Waals surface area contributed by atoms with Crippen LogP contribution < -0.4 is 0 Å². The second kappa shape index (κ2) is 6.12. The Morgan fingerprint density at radius 3 is 2.10 bits per heavy atom. The molecule has 0 aromatic carbocycles. The van der Waals surface area contributed by atoms with Crippen LogP contribution in [0, 0.1) is 12.3 Å². The molecule has 0 N–H and O–H groups in total. The molecule has 0 bridgehead atoms. The molecular weight excluding hydrogens is 122 g/mol. The standard InChI is InChI=1S/C9H13N/c1-4-7-10(8-5-2)9-6-3/h1,5-6H,2-3,7-9H2. The van der Waals surface area contributed by atoms with Crippen molar-refractivity contribution in [3.05, 3.63) is 25.3 Å². The number of hydrogen-bond donors (Lipinski definition) is 0. The minimum Gasteiger partial charge on any atom is -0.285 e. The average molecular weight is 135 g/mol. The maximum Gasteiger partial charge on any atom is 0.0604 e. The normalized spacial score (nSPS) is 8.80. The van der Waals surface area contributed by atoms with E-state index >= 15 is 0 Å². The van der Waals surface area contributed by atoms with Gasteiger partial charge in [0.1, 0.15) is 0 Å². The third-order valence-electron chi connectivity index (χ3n) is 1.09. The van der Waals surface area contributed by atoms with Gasteiger partial charge in [0.05, 0.1) is 6.54 Å². The van der Waals surface area contributed by atoms with E-state index in [-0.39, 0.29) is 0 Å². The maximum absolute atomic E-state index is 5.13. The molecule has 0 radical (unpaired) electrons. The number of terminal acetylenes is 1. The summed E-state index contributed by atoms with van der Waals surface area (Å²) in [5.74, 6) is 2.57. The highest BCUT2D eigenvalue weighted by Gasteiger charge is 1.94. The summed E-state index contributed by atoms with van der Waals surface area (Å²) in [6, 6.07) is 0. The van der Waals surface area contributed by atoms with Crippen molar-refractivity contribution >= 4 is 0 Å². The first-order valence-corrected chi connectivity index (χ1v) is 3.22. The zero-order valence-electron chi connectivity index (χ0n) is 6.21. The average Bonchev–Trinajstić information content (AvgIpc) is 1.90. The van der Waals surface area contributed by atoms with Crippen molar-refractivity contribution in [3.63, 3.8) is 0 Å². The van der Waals surface area contributed by atoms with Crippen molar-refractivity contribution in [1.82, 2.24) is 4.90 Å². The van der Waals surface area contributed by atoms with Gasteiger partial charge in [0.2, 0.25) is 0 Å². The largest absolute Gasteiger partial charge is 0.285 e. The summed E-state index contributed by atoms with van der Waals surface area (Å²) in [7, 11) is 0. The fourth-order valence-corrected chi connectivity index (χ4v) is 0.698. The molecule has 0 saturated carbocycles. The predicted octanol–water partition coefficient (Wildman–Crippen LogP) is 1.29. The Morgan fingerprint density at radius 1 is 1.30 bits per heavy atom. The summed E-state index contributed by atoms with van der Waals surface area (Å²) < 4.78 is 0. The van der Waals surface area contributed by atoms with Gasteiger partial charge in [0.15, 0.2) is 0 Å². The highest BCUT2D eigenvalue weighted by molar-refractivity contribution is 4.91. The molecule has 0 aliphatic heterocycles. The summed E-state index contributed by atoms with van der Waals surface area (Å²) >= 11 is 0. The second-order valence-corrected chi connectivity index (χ2v) is 1.98. The van der Waals surface area contributed by atoms with E-state index in [4.69, 9.17) is 6.42 Å². The van der Waals surface area contributed by atoms with Crippen LogP contribution in [-0.2, 0) is 0 Å². The van der Waals surface area contributed by atoms with Gasteiger partial charge in [-0.05, 0) is 0 Å². The molecule has 0 unspecified atom stereocenters. The van der Waals surface area contributed by atoms with Crippen molar-refractivity contribution in [3.8, 4) is 12.3 Å². The zero-order valence-corrected chi connectivity index (χ0v) is 6.21. The predicted molar refractivity (Wildman–Crippen MR) is 45.7 cm³/mol. The van der Waals surface area contributed by atoms with Gasteiger partial charge in [-0.2, -0.15) is 0 Å². The summed E-state index contributed by atoms with van der Waals surface area (Å²) in [6.07, 6.45) is 8.80. The number of hydrogen-bond acceptors (Lipinski definition) is 1. The van der Waals surface area contributed by atoms with Crippen LogP contribution in [0.4, 0.5) is 0 Å². The molecular formula is C9H13N. The highest BCUT2D eigenvalue weighted by Crippen LogP contribution is 1.86. The van der Waals surface area contributed by atoms with Gasteiger partial charge < -0.3 is 0 Å². The molecule has 0 amide bonds. The van der Waals surface area contributed by atoms with E-state index in [9.17, 15) is 0 Å². The smallest absolute Gasteiger partial charge is 0.0604 e. The number of nitrogens with zero attached hydrogens (tertiary/aromatic N) is 1. The molecule has 0 spiro atoms. The van der Waals surface area contributed by atoms with E-state index in [2.05, 4.69) is 24.0 Å². The fraction of sp³-hybridized carbons (Fsp3) is 0.333. The number of rotatable bonds is 5. The second-order valence-electron chi connectivity index (χ2n) is 1.98. The van der Waals surface area contributed by atoms with E-state index in [1.54, 1.807) is 0 Å². The van der Waals surface area contributed by atoms with Crippen LogP contribution in [-0.4, -0.2) is 24.5 Å². The maximum atomic E-state index is 5.13. The lowest BCUT2D eigenvalue weighted by Crippen LogP contribution is -2.23. The Balaban J connectivity index is 3.61. The first-order chi connectivity index (χ1) is 4.85. The molecule has 0 atom stereocenters. The molecule has 0 aliphatic rings. The molecule has 54 valence electrons. The van der Waals surface area contributed by atoms with Crippen LogP contribution in [0.15, 0.2) is 25.3 Å². The minimum atomic E-state index is 0.665. The summed E-state index contributed by atoms with van der Waals surface area (Å²) in [5.41, 5.74) is 0. The Labute approximate surface area is 63.0 Å². The van der Waals surface area contributed by atoms with Crippen LogP contribution in [0.5, 0.6) is 0 Å². The van der Waals surface area contributed by atoms with Crippen molar-refractivity contribution in [1.29, 1.82) is 0 Å². The van der Waals surface area contributed by atoms with Crippen molar-refractivity contribution in [2.24, 2.45) is 0 Å². The fourth-order valence-electron chi connectivity index (χ4n) is 0.698. The van der Waals surface area contributed by atoms with Crippen molar-refractivity contribution in [2.75, 3.05) is 19.6 Å². The van der Waals surface area contributed by atoms with Crippen LogP contribution in [0.25, 0.3) is 0 Å². The van der Waals surface area contributed by atoms with Gasteiger partial charge in [-0.3, -0.25) is 4.90 Å². The molecule has 0 saturated heterocycles. The Kier molecular flexibility index (Phi) is 5.51. The van der Waals surface area contributed by atoms with Gasteiger partial charge in [-0.15, -0.1) is 19.6 Å². The van der Waals surface area contributed by atoms with Crippen molar-refractivity contribution in [2.45, 2.75) is 0 Å². The van der Waals surface area contributed by atoms with E-state index in [1.165, 1.54) is 0 Å². The zero-order chi connectivity index (χ0) is 7.82. The van der Waals surface area contributed by atoms with E-state index in [1.807, 2.05) is 12.2 Å². The SMILES string of the molecule is C#CCN(CC=C)CC=C.